The van der Waals surface area contributed by atoms with Crippen LogP contribution in [0.15, 0.2) is 67.0 Å². The molecule has 3 aromatic carbocycles. The van der Waals surface area contributed by atoms with Gasteiger partial charge in [0.1, 0.15) is 17.6 Å². The zero-order valence-corrected chi connectivity index (χ0v) is 32.1. The van der Waals surface area contributed by atoms with Gasteiger partial charge >= 0.3 is 0 Å². The lowest BCUT2D eigenvalue weighted by Crippen LogP contribution is -2.46. The van der Waals surface area contributed by atoms with Gasteiger partial charge in [0, 0.05) is 48.5 Å². The predicted octanol–water partition coefficient (Wildman–Crippen LogP) is 7.84. The van der Waals surface area contributed by atoms with E-state index in [-0.39, 0.29) is 32.9 Å². The van der Waals surface area contributed by atoms with Crippen LogP contribution in [0.25, 0.3) is 10.9 Å². The van der Waals surface area contributed by atoms with Gasteiger partial charge in [0.15, 0.2) is 0 Å². The Morgan fingerprint density at radius 3 is 2.43 bits per heavy atom. The number of hydrogen-bond donors (Lipinski definition) is 2. The lowest BCUT2D eigenvalue weighted by Gasteiger charge is -2.40. The molecule has 53 heavy (non-hydrogen) atoms. The quantitative estimate of drug-likeness (QED) is 0.152. The molecule has 1 aliphatic heterocycles. The largest absolute Gasteiger partial charge is 0.373 e. The third-order valence-corrected chi connectivity index (χ3v) is 10.9. The maximum absolute atomic E-state index is 14.0. The maximum atomic E-state index is 14.0. The molecule has 12 nitrogen and oxygen atoms in total. The first kappa shape index (κ1) is 37.9. The molecule has 276 valence electrons. The summed E-state index contributed by atoms with van der Waals surface area (Å²) in [7, 11) is -3.94. The second-order valence-corrected chi connectivity index (χ2v) is 16.6. The molecule has 2 N–H and O–H groups in total. The van der Waals surface area contributed by atoms with E-state index in [9.17, 15) is 22.9 Å². The first-order valence-corrected chi connectivity index (χ1v) is 19.4. The van der Waals surface area contributed by atoms with Crippen molar-refractivity contribution in [1.29, 1.82) is 5.26 Å². The van der Waals surface area contributed by atoms with Gasteiger partial charge in [0.2, 0.25) is 15.9 Å². The number of benzene rings is 3. The highest BCUT2D eigenvalue weighted by Gasteiger charge is 2.30. The van der Waals surface area contributed by atoms with Crippen molar-refractivity contribution in [2.45, 2.75) is 58.2 Å². The number of amides is 1. The van der Waals surface area contributed by atoms with Gasteiger partial charge in [0.05, 0.1) is 57.0 Å². The van der Waals surface area contributed by atoms with Crippen LogP contribution >= 0.6 is 23.2 Å². The van der Waals surface area contributed by atoms with Gasteiger partial charge in [0.25, 0.3) is 0 Å². The first-order valence-electron chi connectivity index (χ1n) is 16.8. The molecule has 0 aliphatic carbocycles. The molecule has 6 rings (SSSR count). The lowest BCUT2D eigenvalue weighted by molar-refractivity contribution is -0.115. The summed E-state index contributed by atoms with van der Waals surface area (Å²) in [6.45, 7) is 9.62. The van der Waals surface area contributed by atoms with Gasteiger partial charge in [-0.15, -0.1) is 5.10 Å². The Kier molecular flexibility index (Phi) is 10.7. The van der Waals surface area contributed by atoms with Crippen molar-refractivity contribution >= 4 is 72.8 Å². The van der Waals surface area contributed by atoms with E-state index in [1.807, 2.05) is 10.9 Å². The number of halogens is 3. The Morgan fingerprint density at radius 1 is 1.08 bits per heavy atom. The number of carbonyl (C=O) groups is 1. The molecule has 1 unspecified atom stereocenters. The second kappa shape index (κ2) is 14.9. The molecule has 0 radical (unpaired) electrons. The van der Waals surface area contributed by atoms with Crippen LogP contribution in [0.5, 0.6) is 0 Å². The van der Waals surface area contributed by atoms with Crippen molar-refractivity contribution in [3.8, 4) is 6.07 Å². The molecule has 3 heterocycles. The average molecular weight is 779 g/mol. The number of nitrogens with one attached hydrogen (secondary N) is 2. The molecule has 1 amide bonds. The van der Waals surface area contributed by atoms with Gasteiger partial charge in [-0.25, -0.2) is 21.8 Å². The molecule has 1 saturated heterocycles. The normalized spacial score (nSPS) is 14.8. The Balaban J connectivity index is 1.43. The molecule has 2 aromatic heterocycles. The minimum absolute atomic E-state index is 0.0599. The van der Waals surface area contributed by atoms with Crippen molar-refractivity contribution in [2.75, 3.05) is 34.3 Å². The summed E-state index contributed by atoms with van der Waals surface area (Å²) in [6.07, 6.45) is 6.03. The summed E-state index contributed by atoms with van der Waals surface area (Å²) in [5.41, 5.74) is 3.29. The van der Waals surface area contributed by atoms with Gasteiger partial charge in [-0.3, -0.25) is 14.7 Å². The van der Waals surface area contributed by atoms with Crippen LogP contribution in [0, 0.1) is 17.1 Å². The van der Waals surface area contributed by atoms with E-state index in [2.05, 4.69) is 57.7 Å². The van der Waals surface area contributed by atoms with Gasteiger partial charge < -0.3 is 10.6 Å². The van der Waals surface area contributed by atoms with E-state index >= 15 is 0 Å². The number of likely N-dealkylation sites (tertiary alicyclic amines) is 1. The molecule has 0 spiro atoms. The van der Waals surface area contributed by atoms with Crippen molar-refractivity contribution in [3.05, 3.63) is 99.7 Å². The van der Waals surface area contributed by atoms with Crippen LogP contribution in [0.4, 0.5) is 27.1 Å². The number of aromatic nitrogens is 4. The monoisotopic (exact) mass is 777 g/mol. The minimum Gasteiger partial charge on any atom is -0.373 e. The molecular weight excluding hydrogens is 740 g/mol. The van der Waals surface area contributed by atoms with E-state index in [0.29, 0.717) is 39.2 Å². The average Bonchev–Trinajstić information content (AvgIpc) is 3.58. The summed E-state index contributed by atoms with van der Waals surface area (Å²) >= 11 is 12.9. The van der Waals surface area contributed by atoms with Crippen molar-refractivity contribution in [2.24, 2.45) is 0 Å². The Hall–Kier alpha value is -4.81. The number of nitriles is 1. The number of sulfonamides is 1. The summed E-state index contributed by atoms with van der Waals surface area (Å²) in [5.74, 6) is -1.25. The number of nitrogens with zero attached hydrogens (tertiary/aromatic N) is 7. The van der Waals surface area contributed by atoms with Crippen LogP contribution in [0.3, 0.4) is 0 Å². The van der Waals surface area contributed by atoms with E-state index in [1.54, 1.807) is 36.4 Å². The summed E-state index contributed by atoms with van der Waals surface area (Å²) in [4.78, 5) is 19.4. The fraction of sp³-hybridized carbons (Fsp3) is 0.324. The van der Waals surface area contributed by atoms with E-state index in [1.165, 1.54) is 31.3 Å². The Labute approximate surface area is 317 Å². The first-order chi connectivity index (χ1) is 25.0. The summed E-state index contributed by atoms with van der Waals surface area (Å²) < 4.78 is 41.9. The number of anilines is 4. The third-order valence-electron chi connectivity index (χ3n) is 9.21. The highest BCUT2D eigenvalue weighted by atomic mass is 35.5. The van der Waals surface area contributed by atoms with Crippen LogP contribution in [0.2, 0.25) is 10.0 Å². The molecular formula is C37H38Cl2FN9O3S. The fourth-order valence-corrected chi connectivity index (χ4v) is 8.03. The van der Waals surface area contributed by atoms with E-state index < -0.39 is 27.8 Å². The minimum atomic E-state index is -3.94. The second-order valence-electron chi connectivity index (χ2n) is 14.0. The zero-order chi connectivity index (χ0) is 38.2. The molecule has 1 atom stereocenters. The van der Waals surface area contributed by atoms with Gasteiger partial charge in [-0.1, -0.05) is 40.5 Å². The Bertz CT molecular complexity index is 2350. The highest BCUT2D eigenvalue weighted by molar-refractivity contribution is 7.92. The number of rotatable bonds is 9. The lowest BCUT2D eigenvalue weighted by atomic mass is 9.98. The number of carbonyl (C=O) groups excluding carboxylic acids is 1. The van der Waals surface area contributed by atoms with Crippen molar-refractivity contribution < 1.29 is 17.6 Å². The van der Waals surface area contributed by atoms with E-state index in [4.69, 9.17) is 23.2 Å². The van der Waals surface area contributed by atoms with Crippen LogP contribution in [0.1, 0.15) is 69.4 Å². The van der Waals surface area contributed by atoms with Crippen molar-refractivity contribution in [3.63, 3.8) is 0 Å². The van der Waals surface area contributed by atoms with Gasteiger partial charge in [-0.05, 0) is 81.6 Å². The molecule has 0 bridgehead atoms. The number of piperidine rings is 1. The van der Waals surface area contributed by atoms with Crippen LogP contribution in [-0.4, -0.2) is 64.1 Å². The number of pyridine rings is 1. The highest BCUT2D eigenvalue weighted by Crippen LogP contribution is 2.38. The summed E-state index contributed by atoms with van der Waals surface area (Å²) in [5, 5.41) is 26.5. The van der Waals surface area contributed by atoms with Gasteiger partial charge in [-0.2, -0.15) is 5.26 Å². The molecule has 1 aliphatic rings. The fourth-order valence-electron chi connectivity index (χ4n) is 6.62. The molecule has 16 heteroatoms. The molecule has 5 aromatic rings. The van der Waals surface area contributed by atoms with E-state index in [0.717, 1.165) is 36.5 Å². The standard InChI is InChI=1S/C37H38Cl2FN9O3S/c1-22(50)49(53(5,51)52)28-8-6-7-23(15-28)35(33-21-48(46-45-33)27-11-13-47(14-12-27)37(2,3)4)44-26-16-29-34(43-25-9-10-32(40)30(38)17-25)24(19-41)20-42-36(29)31(39)18-26/h6-10,15-18,20-21,27,35,44H,11-14H2,1-5H3,(H,42,43). The van der Waals surface area contributed by atoms with Crippen LogP contribution < -0.4 is 14.9 Å². The zero-order valence-electron chi connectivity index (χ0n) is 29.7. The molecule has 1 fully saturated rings. The topological polar surface area (TPSA) is 149 Å². The SMILES string of the molecule is CC(=O)N(c1cccc(C(Nc2cc(Cl)c3ncc(C#N)c(Nc4ccc(F)c(Cl)c4)c3c2)c2cn(C3CCN(C(C)(C)C)CC3)nn2)c1)S(C)(=O)=O. The predicted molar refractivity (Wildman–Crippen MR) is 206 cm³/mol. The Morgan fingerprint density at radius 2 is 1.79 bits per heavy atom. The molecule has 0 saturated carbocycles. The smallest absolute Gasteiger partial charge is 0.238 e. The maximum Gasteiger partial charge on any atom is 0.238 e. The van der Waals surface area contributed by atoms with Crippen LogP contribution in [-0.2, 0) is 14.8 Å². The summed E-state index contributed by atoms with van der Waals surface area (Å²) in [6, 6.07) is 15.8. The third kappa shape index (κ3) is 8.23. The number of hydrogen-bond acceptors (Lipinski definition) is 10. The van der Waals surface area contributed by atoms with Crippen molar-refractivity contribution in [1.82, 2.24) is 24.9 Å². The number of fused-ring (bicyclic) bond motifs is 1.